The molecule has 0 aromatic heterocycles. The topological polar surface area (TPSA) is 20.3 Å². The van der Waals surface area contributed by atoms with E-state index in [1.165, 1.54) is 6.42 Å². The fourth-order valence-corrected chi connectivity index (χ4v) is 1.43. The smallest absolute Gasteiger partial charge is 0.257 e. The van der Waals surface area contributed by atoms with Gasteiger partial charge in [0.1, 0.15) is 0 Å². The molecule has 1 heterocycles. The molecule has 100 valence electrons. The van der Waals surface area contributed by atoms with Crippen LogP contribution in [0.5, 0.6) is 0 Å². The van der Waals surface area contributed by atoms with E-state index in [9.17, 15) is 4.79 Å². The molecule has 0 aromatic carbocycles. The Kier molecular flexibility index (Phi) is 7.60. The van der Waals surface area contributed by atoms with Crippen molar-refractivity contribution in [1.29, 1.82) is 0 Å². The van der Waals surface area contributed by atoms with Crippen LogP contribution in [0, 0.1) is 0 Å². The van der Waals surface area contributed by atoms with Crippen LogP contribution in [0.2, 0.25) is 0 Å². The molecule has 0 spiro atoms. The Bertz CT molecular complexity index is 412. The number of halogens is 1. The summed E-state index contributed by atoms with van der Waals surface area (Å²) in [7, 11) is 0. The maximum atomic E-state index is 12.0. The molecule has 18 heavy (non-hydrogen) atoms. The molecule has 0 saturated heterocycles. The van der Waals surface area contributed by atoms with E-state index in [1.54, 1.807) is 17.2 Å². The molecular weight excluding hydrogens is 290 g/mol. The second kappa shape index (κ2) is 8.09. The molecule has 0 bridgehead atoms. The first-order valence-electron chi connectivity index (χ1n) is 6.07. The fraction of sp³-hybridized carbons (Fsp3) is 0.400. The molecule has 0 radical (unpaired) electrons. The SMILES string of the molecule is C=C1C=CC(Br)=CN1C(=O)C(C)=C(C)C.CCC. The lowest BCUT2D eigenvalue weighted by molar-refractivity contribution is -0.123. The number of carbonyl (C=O) groups is 1. The third kappa shape index (κ3) is 5.05. The lowest BCUT2D eigenvalue weighted by atomic mass is 10.1. The third-order valence-corrected chi connectivity index (χ3v) is 2.76. The first-order chi connectivity index (χ1) is 8.34. The molecule has 1 aliphatic rings. The minimum Gasteiger partial charge on any atom is -0.284 e. The highest BCUT2D eigenvalue weighted by Crippen LogP contribution is 2.21. The molecule has 1 rings (SSSR count). The molecule has 0 fully saturated rings. The van der Waals surface area contributed by atoms with Crippen molar-refractivity contribution in [3.63, 3.8) is 0 Å². The normalized spacial score (nSPS) is 13.6. The molecule has 1 aliphatic heterocycles. The summed E-state index contributed by atoms with van der Waals surface area (Å²) in [5, 5.41) is 0. The summed E-state index contributed by atoms with van der Waals surface area (Å²) in [5.41, 5.74) is 2.46. The fourth-order valence-electron chi connectivity index (χ4n) is 1.09. The highest BCUT2D eigenvalue weighted by molar-refractivity contribution is 9.11. The molecule has 0 saturated carbocycles. The quantitative estimate of drug-likeness (QED) is 0.630. The van der Waals surface area contributed by atoms with Crippen LogP contribution in [-0.2, 0) is 4.79 Å². The first kappa shape index (κ1) is 16.9. The predicted octanol–water partition coefficient (Wildman–Crippen LogP) is 4.91. The lowest BCUT2D eigenvalue weighted by Crippen LogP contribution is -2.26. The summed E-state index contributed by atoms with van der Waals surface area (Å²) >= 11 is 3.33. The van der Waals surface area contributed by atoms with Crippen LogP contribution in [0.25, 0.3) is 0 Å². The van der Waals surface area contributed by atoms with Crippen molar-refractivity contribution in [3.8, 4) is 0 Å². The molecule has 2 nitrogen and oxygen atoms in total. The summed E-state index contributed by atoms with van der Waals surface area (Å²) in [6.45, 7) is 13.7. The van der Waals surface area contributed by atoms with Gasteiger partial charge in [0.15, 0.2) is 0 Å². The van der Waals surface area contributed by atoms with Gasteiger partial charge in [-0.1, -0.05) is 32.4 Å². The van der Waals surface area contributed by atoms with E-state index in [4.69, 9.17) is 0 Å². The van der Waals surface area contributed by atoms with E-state index in [1.807, 2.05) is 26.8 Å². The van der Waals surface area contributed by atoms with E-state index in [0.29, 0.717) is 5.70 Å². The minimum absolute atomic E-state index is 0.0266. The Balaban J connectivity index is 0.000000873. The van der Waals surface area contributed by atoms with Crippen molar-refractivity contribution in [2.24, 2.45) is 0 Å². The van der Waals surface area contributed by atoms with Crippen LogP contribution in [-0.4, -0.2) is 10.8 Å². The van der Waals surface area contributed by atoms with Gasteiger partial charge < -0.3 is 0 Å². The van der Waals surface area contributed by atoms with Gasteiger partial charge in [-0.25, -0.2) is 0 Å². The Morgan fingerprint density at radius 3 is 2.22 bits per heavy atom. The first-order valence-corrected chi connectivity index (χ1v) is 6.86. The van der Waals surface area contributed by atoms with Crippen molar-refractivity contribution >= 4 is 21.8 Å². The number of hydrogen-bond acceptors (Lipinski definition) is 1. The van der Waals surface area contributed by atoms with Crippen molar-refractivity contribution in [3.05, 3.63) is 46.3 Å². The van der Waals surface area contributed by atoms with Crippen LogP contribution >= 0.6 is 15.9 Å². The van der Waals surface area contributed by atoms with Gasteiger partial charge in [0.05, 0.1) is 0 Å². The van der Waals surface area contributed by atoms with Crippen LogP contribution in [0.1, 0.15) is 41.0 Å². The Morgan fingerprint density at radius 2 is 1.78 bits per heavy atom. The summed E-state index contributed by atoms with van der Waals surface area (Å²) in [6, 6.07) is 0. The average Bonchev–Trinajstić information content (AvgIpc) is 2.31. The number of carbonyl (C=O) groups excluding carboxylic acids is 1. The van der Waals surface area contributed by atoms with Gasteiger partial charge in [0.2, 0.25) is 0 Å². The van der Waals surface area contributed by atoms with Crippen LogP contribution in [0.4, 0.5) is 0 Å². The van der Waals surface area contributed by atoms with Gasteiger partial charge in [0.25, 0.3) is 5.91 Å². The summed E-state index contributed by atoms with van der Waals surface area (Å²) in [4.78, 5) is 13.6. The molecule has 0 N–H and O–H groups in total. The monoisotopic (exact) mass is 311 g/mol. The van der Waals surface area contributed by atoms with Crippen LogP contribution in [0.15, 0.2) is 46.3 Å². The third-order valence-electron chi connectivity index (χ3n) is 2.29. The van der Waals surface area contributed by atoms with Gasteiger partial charge in [-0.15, -0.1) is 0 Å². The summed E-state index contributed by atoms with van der Waals surface area (Å²) in [5.74, 6) is -0.0266. The highest BCUT2D eigenvalue weighted by atomic mass is 79.9. The van der Waals surface area contributed by atoms with Crippen molar-refractivity contribution < 1.29 is 4.79 Å². The molecule has 1 amide bonds. The largest absolute Gasteiger partial charge is 0.284 e. The van der Waals surface area contributed by atoms with Gasteiger partial charge >= 0.3 is 0 Å². The Labute approximate surface area is 119 Å². The van der Waals surface area contributed by atoms with E-state index < -0.39 is 0 Å². The van der Waals surface area contributed by atoms with Crippen LogP contribution in [0.3, 0.4) is 0 Å². The van der Waals surface area contributed by atoms with Gasteiger partial charge in [-0.2, -0.15) is 0 Å². The van der Waals surface area contributed by atoms with E-state index >= 15 is 0 Å². The molecule has 0 unspecified atom stereocenters. The number of amides is 1. The number of hydrogen-bond donors (Lipinski definition) is 0. The standard InChI is InChI=1S/C12H14BrNO.C3H8/c1-8(2)10(4)12(15)14-7-11(13)6-5-9(14)3;1-3-2/h5-7H,3H2,1-2,4H3;3H2,1-2H3. The van der Waals surface area contributed by atoms with Gasteiger partial charge in [-0.05, 0) is 48.9 Å². The zero-order valence-corrected chi connectivity index (χ0v) is 13.5. The van der Waals surface area contributed by atoms with E-state index in [0.717, 1.165) is 15.6 Å². The van der Waals surface area contributed by atoms with Crippen LogP contribution < -0.4 is 0 Å². The highest BCUT2D eigenvalue weighted by Gasteiger charge is 2.18. The summed E-state index contributed by atoms with van der Waals surface area (Å²) < 4.78 is 0.866. The lowest BCUT2D eigenvalue weighted by Gasteiger charge is -2.22. The Hall–Kier alpha value is -1.09. The van der Waals surface area contributed by atoms with Crippen molar-refractivity contribution in [2.45, 2.75) is 41.0 Å². The zero-order valence-electron chi connectivity index (χ0n) is 11.9. The van der Waals surface area contributed by atoms with Crippen molar-refractivity contribution in [1.82, 2.24) is 4.90 Å². The van der Waals surface area contributed by atoms with Gasteiger partial charge in [0, 0.05) is 22.0 Å². The predicted molar refractivity (Wildman–Crippen MR) is 82.1 cm³/mol. The average molecular weight is 312 g/mol. The maximum Gasteiger partial charge on any atom is 0.257 e. The van der Waals surface area contributed by atoms with E-state index in [-0.39, 0.29) is 5.91 Å². The molecule has 0 aromatic rings. The molecule has 3 heteroatoms. The summed E-state index contributed by atoms with van der Waals surface area (Å²) in [6.07, 6.45) is 6.65. The molecule has 0 aliphatic carbocycles. The Morgan fingerprint density at radius 1 is 1.28 bits per heavy atom. The number of nitrogens with zero attached hydrogens (tertiary/aromatic N) is 1. The molecular formula is C15H22BrNO. The molecule has 0 atom stereocenters. The second-order valence-corrected chi connectivity index (χ2v) is 5.26. The second-order valence-electron chi connectivity index (χ2n) is 4.35. The van der Waals surface area contributed by atoms with Crippen molar-refractivity contribution in [2.75, 3.05) is 0 Å². The minimum atomic E-state index is -0.0266. The van der Waals surface area contributed by atoms with E-state index in [2.05, 4.69) is 36.4 Å². The maximum absolute atomic E-state index is 12.0. The number of rotatable bonds is 1. The number of allylic oxidation sites excluding steroid dienone is 4. The van der Waals surface area contributed by atoms with Gasteiger partial charge in [-0.3, -0.25) is 9.69 Å². The zero-order chi connectivity index (χ0) is 14.3.